The van der Waals surface area contributed by atoms with E-state index >= 15 is 0 Å². The Labute approximate surface area is 106 Å². The summed E-state index contributed by atoms with van der Waals surface area (Å²) in [5.74, 6) is 0. The highest BCUT2D eigenvalue weighted by Gasteiger charge is 2.51. The first kappa shape index (κ1) is 11.7. The van der Waals surface area contributed by atoms with E-state index in [0.29, 0.717) is 0 Å². The third kappa shape index (κ3) is 1.64. The van der Waals surface area contributed by atoms with Gasteiger partial charge in [-0.1, -0.05) is 0 Å². The van der Waals surface area contributed by atoms with Gasteiger partial charge in [-0.05, 0) is 45.3 Å². The Bertz CT molecular complexity index is 578. The zero-order valence-corrected chi connectivity index (χ0v) is 11.0. The number of fused-ring (bicyclic) bond motifs is 1. The number of rotatable bonds is 1. The lowest BCUT2D eigenvalue weighted by molar-refractivity contribution is 0.00578. The lowest BCUT2D eigenvalue weighted by Gasteiger charge is -2.32. The van der Waals surface area contributed by atoms with Crippen molar-refractivity contribution in [3.8, 4) is 0 Å². The Morgan fingerprint density at radius 2 is 1.83 bits per heavy atom. The number of pyridine rings is 1. The third-order valence-corrected chi connectivity index (χ3v) is 3.83. The molecule has 1 aliphatic heterocycles. The monoisotopic (exact) mass is 245 g/mol. The van der Waals surface area contributed by atoms with Gasteiger partial charge in [0.05, 0.1) is 11.2 Å². The van der Waals surface area contributed by atoms with E-state index in [2.05, 4.69) is 10.1 Å². The molecular formula is C12H16BN3O2. The molecule has 5 nitrogen and oxygen atoms in total. The van der Waals surface area contributed by atoms with E-state index in [4.69, 9.17) is 9.31 Å². The zero-order chi connectivity index (χ0) is 13.0. The Morgan fingerprint density at radius 3 is 2.50 bits per heavy atom. The minimum atomic E-state index is -0.350. The molecule has 94 valence electrons. The van der Waals surface area contributed by atoms with Crippen molar-refractivity contribution in [3.05, 3.63) is 24.7 Å². The van der Waals surface area contributed by atoms with Crippen LogP contribution in [0.4, 0.5) is 0 Å². The molecule has 0 aliphatic carbocycles. The SMILES string of the molecule is CC1(C)OB(c2ccn3ncnc3c2)OC1(C)C. The molecule has 1 saturated heterocycles. The average molecular weight is 245 g/mol. The number of nitrogens with zero attached hydrogens (tertiary/aromatic N) is 3. The van der Waals surface area contributed by atoms with Gasteiger partial charge in [-0.3, -0.25) is 0 Å². The molecule has 0 radical (unpaired) electrons. The predicted octanol–water partition coefficient (Wildman–Crippen LogP) is 1.03. The summed E-state index contributed by atoms with van der Waals surface area (Å²) in [7, 11) is -0.350. The van der Waals surface area contributed by atoms with Crippen molar-refractivity contribution >= 4 is 18.2 Å². The van der Waals surface area contributed by atoms with Crippen LogP contribution in [0.2, 0.25) is 0 Å². The fourth-order valence-electron chi connectivity index (χ4n) is 1.96. The summed E-state index contributed by atoms with van der Waals surface area (Å²) in [6, 6.07) is 3.89. The van der Waals surface area contributed by atoms with Crippen LogP contribution in [0.5, 0.6) is 0 Å². The average Bonchev–Trinajstić information content (AvgIpc) is 2.80. The fraction of sp³-hybridized carbons (Fsp3) is 0.500. The smallest absolute Gasteiger partial charge is 0.399 e. The van der Waals surface area contributed by atoms with Crippen LogP contribution in [0.15, 0.2) is 24.7 Å². The fourth-order valence-corrected chi connectivity index (χ4v) is 1.96. The van der Waals surface area contributed by atoms with Gasteiger partial charge in [0.1, 0.15) is 6.33 Å². The molecule has 0 spiro atoms. The first-order valence-corrected chi connectivity index (χ1v) is 6.04. The number of hydrogen-bond acceptors (Lipinski definition) is 4. The second-order valence-corrected chi connectivity index (χ2v) is 5.61. The zero-order valence-electron chi connectivity index (χ0n) is 11.0. The second-order valence-electron chi connectivity index (χ2n) is 5.61. The standard InChI is InChI=1S/C12H16BN3O2/c1-11(2)12(3,4)18-13(17-11)9-5-6-16-10(7-9)14-8-15-16/h5-8H,1-4H3. The first-order valence-electron chi connectivity index (χ1n) is 6.04. The minimum absolute atomic E-state index is 0.322. The third-order valence-electron chi connectivity index (χ3n) is 3.83. The molecule has 2 aromatic rings. The van der Waals surface area contributed by atoms with Crippen LogP contribution in [-0.2, 0) is 9.31 Å². The summed E-state index contributed by atoms with van der Waals surface area (Å²) in [4.78, 5) is 4.16. The van der Waals surface area contributed by atoms with Crippen molar-refractivity contribution in [1.82, 2.24) is 14.6 Å². The Balaban J connectivity index is 1.96. The Morgan fingerprint density at radius 1 is 1.17 bits per heavy atom. The summed E-state index contributed by atoms with van der Waals surface area (Å²) in [6.07, 6.45) is 3.39. The van der Waals surface area contributed by atoms with Gasteiger partial charge in [0.15, 0.2) is 5.65 Å². The van der Waals surface area contributed by atoms with E-state index in [-0.39, 0.29) is 18.3 Å². The normalized spacial score (nSPS) is 21.7. The highest BCUT2D eigenvalue weighted by atomic mass is 16.7. The van der Waals surface area contributed by atoms with Gasteiger partial charge >= 0.3 is 7.12 Å². The summed E-state index contributed by atoms with van der Waals surface area (Å²) in [5, 5.41) is 4.07. The van der Waals surface area contributed by atoms with Crippen LogP contribution in [0.1, 0.15) is 27.7 Å². The molecule has 3 rings (SSSR count). The maximum atomic E-state index is 6.00. The van der Waals surface area contributed by atoms with Crippen molar-refractivity contribution in [2.75, 3.05) is 0 Å². The van der Waals surface area contributed by atoms with Crippen LogP contribution in [-0.4, -0.2) is 32.9 Å². The van der Waals surface area contributed by atoms with Crippen molar-refractivity contribution in [1.29, 1.82) is 0 Å². The molecule has 18 heavy (non-hydrogen) atoms. The van der Waals surface area contributed by atoms with Crippen LogP contribution in [0, 0.1) is 0 Å². The molecule has 0 aromatic carbocycles. The summed E-state index contributed by atoms with van der Waals surface area (Å²) in [5.41, 5.74) is 1.12. The summed E-state index contributed by atoms with van der Waals surface area (Å²) in [6.45, 7) is 8.18. The Kier molecular flexibility index (Phi) is 2.31. The van der Waals surface area contributed by atoms with Gasteiger partial charge in [0, 0.05) is 6.20 Å². The molecule has 3 heterocycles. The van der Waals surface area contributed by atoms with E-state index in [1.165, 1.54) is 6.33 Å². The Hall–Kier alpha value is -1.40. The molecule has 1 aliphatic rings. The van der Waals surface area contributed by atoms with Gasteiger partial charge in [-0.15, -0.1) is 0 Å². The van der Waals surface area contributed by atoms with Crippen molar-refractivity contribution in [2.24, 2.45) is 0 Å². The van der Waals surface area contributed by atoms with Crippen LogP contribution in [0.25, 0.3) is 5.65 Å². The van der Waals surface area contributed by atoms with Gasteiger partial charge < -0.3 is 9.31 Å². The summed E-state index contributed by atoms with van der Waals surface area (Å²) >= 11 is 0. The van der Waals surface area contributed by atoms with E-state index in [9.17, 15) is 0 Å². The highest BCUT2D eigenvalue weighted by molar-refractivity contribution is 6.62. The molecule has 0 saturated carbocycles. The van der Waals surface area contributed by atoms with Crippen molar-refractivity contribution < 1.29 is 9.31 Å². The van der Waals surface area contributed by atoms with E-state index < -0.39 is 0 Å². The lowest BCUT2D eigenvalue weighted by atomic mass is 9.80. The predicted molar refractivity (Wildman–Crippen MR) is 68.7 cm³/mol. The van der Waals surface area contributed by atoms with Gasteiger partial charge in [0.25, 0.3) is 0 Å². The molecule has 6 heteroatoms. The molecule has 2 aromatic heterocycles. The van der Waals surface area contributed by atoms with Crippen LogP contribution in [0.3, 0.4) is 0 Å². The lowest BCUT2D eigenvalue weighted by Crippen LogP contribution is -2.41. The number of aromatic nitrogens is 3. The first-order chi connectivity index (χ1) is 8.39. The van der Waals surface area contributed by atoms with Gasteiger partial charge in [0.2, 0.25) is 0 Å². The maximum Gasteiger partial charge on any atom is 0.495 e. The molecule has 0 unspecified atom stereocenters. The molecule has 0 amide bonds. The highest BCUT2D eigenvalue weighted by Crippen LogP contribution is 2.36. The molecule has 0 bridgehead atoms. The maximum absolute atomic E-state index is 6.00. The number of hydrogen-bond donors (Lipinski definition) is 0. The summed E-state index contributed by atoms with van der Waals surface area (Å²) < 4.78 is 13.7. The van der Waals surface area contributed by atoms with E-state index in [1.807, 2.05) is 46.0 Å². The molecule has 1 fully saturated rings. The van der Waals surface area contributed by atoms with E-state index in [1.54, 1.807) is 4.52 Å². The quantitative estimate of drug-likeness (QED) is 0.704. The van der Waals surface area contributed by atoms with Crippen LogP contribution < -0.4 is 5.46 Å². The van der Waals surface area contributed by atoms with Gasteiger partial charge in [-0.2, -0.15) is 5.10 Å². The van der Waals surface area contributed by atoms with Crippen LogP contribution >= 0.6 is 0 Å². The molecule has 0 N–H and O–H groups in total. The largest absolute Gasteiger partial charge is 0.495 e. The van der Waals surface area contributed by atoms with Crippen molar-refractivity contribution in [3.63, 3.8) is 0 Å². The second kappa shape index (κ2) is 3.55. The minimum Gasteiger partial charge on any atom is -0.399 e. The van der Waals surface area contributed by atoms with Crippen molar-refractivity contribution in [2.45, 2.75) is 38.9 Å². The van der Waals surface area contributed by atoms with E-state index in [0.717, 1.165) is 11.1 Å². The topological polar surface area (TPSA) is 48.7 Å². The van der Waals surface area contributed by atoms with Gasteiger partial charge in [-0.25, -0.2) is 9.50 Å². The molecule has 0 atom stereocenters. The molecular weight excluding hydrogens is 229 g/mol.